The summed E-state index contributed by atoms with van der Waals surface area (Å²) < 4.78 is 10.4. The van der Waals surface area contributed by atoms with E-state index in [2.05, 4.69) is 0 Å². The first-order chi connectivity index (χ1) is 9.83. The van der Waals surface area contributed by atoms with E-state index in [9.17, 15) is 9.59 Å². The van der Waals surface area contributed by atoms with E-state index in [1.807, 2.05) is 46.8 Å². The van der Waals surface area contributed by atoms with Crippen LogP contribution in [0.3, 0.4) is 0 Å². The Morgan fingerprint density at radius 3 is 2.38 bits per heavy atom. The van der Waals surface area contributed by atoms with Gasteiger partial charge in [-0.15, -0.1) is 0 Å². The summed E-state index contributed by atoms with van der Waals surface area (Å²) >= 11 is 0. The molecule has 0 radical (unpaired) electrons. The molecule has 2 bridgehead atoms. The Morgan fingerprint density at radius 2 is 1.86 bits per heavy atom. The summed E-state index contributed by atoms with van der Waals surface area (Å²) in [5, 5.41) is 0. The van der Waals surface area contributed by atoms with E-state index in [0.717, 1.165) is 6.42 Å². The third-order valence-corrected chi connectivity index (χ3v) is 3.29. The molecule has 1 aliphatic carbocycles. The predicted octanol–water partition coefficient (Wildman–Crippen LogP) is 3.14. The maximum absolute atomic E-state index is 12.2. The van der Waals surface area contributed by atoms with Gasteiger partial charge in [0.25, 0.3) is 0 Å². The molecule has 0 aromatic carbocycles. The maximum Gasteiger partial charge on any atom is 0.411 e. The minimum absolute atomic E-state index is 0.0470. The van der Waals surface area contributed by atoms with Gasteiger partial charge in [-0.25, -0.2) is 9.59 Å². The number of hydrogen-bond acceptors (Lipinski definition) is 4. The first kappa shape index (κ1) is 17.5. The van der Waals surface area contributed by atoms with Crippen LogP contribution in [0.4, 0.5) is 4.79 Å². The second-order valence-corrected chi connectivity index (χ2v) is 5.94. The predicted molar refractivity (Wildman–Crippen MR) is 80.9 cm³/mol. The number of fused-ring (bicyclic) bond motifs is 2. The van der Waals surface area contributed by atoms with Crippen molar-refractivity contribution in [3.8, 4) is 0 Å². The number of amides is 1. The third-order valence-electron chi connectivity index (χ3n) is 3.29. The largest absolute Gasteiger partial charge is 0.464 e. The summed E-state index contributed by atoms with van der Waals surface area (Å²) in [5.41, 5.74) is -0.568. The fourth-order valence-corrected chi connectivity index (χ4v) is 2.64. The smallest absolute Gasteiger partial charge is 0.411 e. The molecule has 2 aliphatic rings. The third kappa shape index (κ3) is 3.99. The van der Waals surface area contributed by atoms with Gasteiger partial charge in [-0.2, -0.15) is 0 Å². The fraction of sp³-hybridized carbons (Fsp3) is 0.750. The highest BCUT2D eigenvalue weighted by atomic mass is 16.6. The average Bonchev–Trinajstić information content (AvgIpc) is 2.99. The Kier molecular flexibility index (Phi) is 5.81. The molecule has 2 rings (SSSR count). The molecule has 1 saturated heterocycles. The summed E-state index contributed by atoms with van der Waals surface area (Å²) in [6.45, 7) is 11.5. The van der Waals surface area contributed by atoms with Gasteiger partial charge in [-0.05, 0) is 34.1 Å². The van der Waals surface area contributed by atoms with Crippen LogP contribution in [0.1, 0.15) is 48.0 Å². The highest BCUT2D eigenvalue weighted by molar-refractivity contribution is 5.84. The van der Waals surface area contributed by atoms with Gasteiger partial charge in [0.15, 0.2) is 0 Å². The van der Waals surface area contributed by atoms with E-state index in [0.29, 0.717) is 6.61 Å². The number of carbonyl (C=O) groups is 2. The lowest BCUT2D eigenvalue weighted by molar-refractivity contribution is -0.149. The second-order valence-electron chi connectivity index (χ2n) is 5.94. The zero-order valence-corrected chi connectivity index (χ0v) is 13.9. The van der Waals surface area contributed by atoms with Crippen molar-refractivity contribution in [2.45, 2.75) is 65.6 Å². The lowest BCUT2D eigenvalue weighted by Crippen LogP contribution is -2.49. The minimum Gasteiger partial charge on any atom is -0.464 e. The lowest BCUT2D eigenvalue weighted by atomic mass is 10.0. The molecule has 120 valence electrons. The summed E-state index contributed by atoms with van der Waals surface area (Å²) in [4.78, 5) is 25.8. The van der Waals surface area contributed by atoms with Crippen molar-refractivity contribution in [3.05, 3.63) is 12.2 Å². The number of rotatable bonds is 2. The molecular weight excluding hydrogens is 270 g/mol. The number of likely N-dealkylation sites (tertiary alicyclic amines) is 1. The molecule has 0 N–H and O–H groups in total. The average molecular weight is 297 g/mol. The van der Waals surface area contributed by atoms with Crippen LogP contribution in [-0.2, 0) is 14.3 Å². The van der Waals surface area contributed by atoms with Crippen LogP contribution in [0, 0.1) is 5.92 Å². The maximum atomic E-state index is 12.2. The summed E-state index contributed by atoms with van der Waals surface area (Å²) in [7, 11) is 0. The van der Waals surface area contributed by atoms with Gasteiger partial charge in [0.2, 0.25) is 0 Å². The Hall–Kier alpha value is -1.52. The van der Waals surface area contributed by atoms with Crippen molar-refractivity contribution < 1.29 is 19.1 Å². The van der Waals surface area contributed by atoms with E-state index in [4.69, 9.17) is 9.47 Å². The molecule has 3 unspecified atom stereocenters. The number of carbonyl (C=O) groups excluding carboxylic acids is 2. The number of hydrogen-bond donors (Lipinski definition) is 0. The Bertz CT molecular complexity index is 411. The summed E-state index contributed by atoms with van der Waals surface area (Å²) in [5.74, 6) is -0.290. The highest BCUT2D eigenvalue weighted by Gasteiger charge is 2.50. The van der Waals surface area contributed by atoms with Crippen molar-refractivity contribution in [1.82, 2.24) is 4.90 Å². The Labute approximate surface area is 127 Å². The quantitative estimate of drug-likeness (QED) is 0.580. The zero-order valence-electron chi connectivity index (χ0n) is 13.9. The molecule has 0 aromatic heterocycles. The van der Waals surface area contributed by atoms with E-state index in [1.165, 1.54) is 4.90 Å². The zero-order chi connectivity index (χ0) is 16.2. The van der Waals surface area contributed by atoms with Crippen molar-refractivity contribution in [2.75, 3.05) is 6.61 Å². The van der Waals surface area contributed by atoms with Crippen LogP contribution in [-0.4, -0.2) is 41.3 Å². The first-order valence-corrected chi connectivity index (χ1v) is 7.69. The molecule has 0 saturated carbocycles. The van der Waals surface area contributed by atoms with Crippen molar-refractivity contribution in [3.63, 3.8) is 0 Å². The molecule has 1 aliphatic heterocycles. The minimum atomic E-state index is -0.568. The molecule has 1 heterocycles. The Morgan fingerprint density at radius 1 is 1.24 bits per heavy atom. The lowest BCUT2D eigenvalue weighted by Gasteiger charge is -2.32. The van der Waals surface area contributed by atoms with Crippen molar-refractivity contribution in [2.24, 2.45) is 5.92 Å². The van der Waals surface area contributed by atoms with Crippen LogP contribution in [0.2, 0.25) is 0 Å². The molecule has 0 aromatic rings. The topological polar surface area (TPSA) is 55.8 Å². The summed E-state index contributed by atoms with van der Waals surface area (Å²) in [6, 6.07) is -0.584. The molecule has 5 nitrogen and oxygen atoms in total. The van der Waals surface area contributed by atoms with Crippen LogP contribution in [0.25, 0.3) is 0 Å². The fourth-order valence-electron chi connectivity index (χ4n) is 2.64. The van der Waals surface area contributed by atoms with Gasteiger partial charge < -0.3 is 9.47 Å². The molecule has 5 heteroatoms. The van der Waals surface area contributed by atoms with Gasteiger partial charge in [0, 0.05) is 5.92 Å². The molecule has 1 amide bonds. The SMILES string of the molecule is CC.CCOC(=O)C1C2C=CC(C2)N1C(=O)OC(C)(C)C. The van der Waals surface area contributed by atoms with Gasteiger partial charge in [0.1, 0.15) is 11.6 Å². The van der Waals surface area contributed by atoms with Gasteiger partial charge >= 0.3 is 12.1 Å². The molecule has 21 heavy (non-hydrogen) atoms. The Balaban J connectivity index is 0.00000106. The van der Waals surface area contributed by atoms with E-state index >= 15 is 0 Å². The second kappa shape index (κ2) is 6.96. The van der Waals surface area contributed by atoms with Crippen LogP contribution in [0.5, 0.6) is 0 Å². The van der Waals surface area contributed by atoms with Crippen LogP contribution >= 0.6 is 0 Å². The molecule has 0 spiro atoms. The number of esters is 1. The standard InChI is InChI=1S/C14H21NO4.C2H6/c1-5-18-12(16)11-9-6-7-10(8-9)15(11)13(17)19-14(2,3)4;1-2/h6-7,9-11H,5,8H2,1-4H3;1-2H3. The molecule has 1 fully saturated rings. The number of nitrogens with zero attached hydrogens (tertiary/aromatic N) is 1. The van der Waals surface area contributed by atoms with Gasteiger partial charge in [-0.3, -0.25) is 4.90 Å². The van der Waals surface area contributed by atoms with Gasteiger partial charge in [0.05, 0.1) is 12.6 Å². The molecule has 3 atom stereocenters. The van der Waals surface area contributed by atoms with Crippen LogP contribution < -0.4 is 0 Å². The monoisotopic (exact) mass is 297 g/mol. The van der Waals surface area contributed by atoms with E-state index in [1.54, 1.807) is 6.92 Å². The normalized spacial score (nSPS) is 26.2. The van der Waals surface area contributed by atoms with Crippen LogP contribution in [0.15, 0.2) is 12.2 Å². The number of ether oxygens (including phenoxy) is 2. The van der Waals surface area contributed by atoms with Crippen molar-refractivity contribution in [1.29, 1.82) is 0 Å². The first-order valence-electron chi connectivity index (χ1n) is 7.69. The molecular formula is C16H27NO4. The van der Waals surface area contributed by atoms with Crippen molar-refractivity contribution >= 4 is 12.1 Å². The highest BCUT2D eigenvalue weighted by Crippen LogP contribution is 2.38. The van der Waals surface area contributed by atoms with E-state index in [-0.39, 0.29) is 17.9 Å². The summed E-state index contributed by atoms with van der Waals surface area (Å²) in [6.07, 6.45) is 4.29. The van der Waals surface area contributed by atoms with Gasteiger partial charge in [-0.1, -0.05) is 26.0 Å². The van der Waals surface area contributed by atoms with E-state index < -0.39 is 17.7 Å².